The predicted octanol–water partition coefficient (Wildman–Crippen LogP) is 1.46. The normalized spacial score (nSPS) is 20.3. The van der Waals surface area contributed by atoms with Crippen LogP contribution in [0.3, 0.4) is 0 Å². The van der Waals surface area contributed by atoms with Crippen LogP contribution in [0.1, 0.15) is 11.9 Å². The minimum atomic E-state index is -0.299. The zero-order chi connectivity index (χ0) is 9.38. The minimum Gasteiger partial charge on any atom is -0.454 e. The summed E-state index contributed by atoms with van der Waals surface area (Å²) in [5.74, 6) is 1.51. The smallest absolute Gasteiger partial charge is 0.231 e. The highest BCUT2D eigenvalue weighted by Crippen LogP contribution is 2.40. The van der Waals surface area contributed by atoms with Crippen molar-refractivity contribution in [2.45, 2.75) is 6.29 Å². The van der Waals surface area contributed by atoms with E-state index < -0.39 is 0 Å². The zero-order valence-corrected chi connectivity index (χ0v) is 7.56. The van der Waals surface area contributed by atoms with Crippen molar-refractivity contribution in [3.05, 3.63) is 23.8 Å². The first-order valence-electron chi connectivity index (χ1n) is 4.57. The van der Waals surface area contributed by atoms with Crippen molar-refractivity contribution in [1.29, 1.82) is 0 Å². The Kier molecular flexibility index (Phi) is 1.82. The quantitative estimate of drug-likeness (QED) is 0.678. The van der Waals surface area contributed by atoms with Crippen molar-refractivity contribution in [1.82, 2.24) is 0 Å². The molecule has 14 heavy (non-hydrogen) atoms. The summed E-state index contributed by atoms with van der Waals surface area (Å²) in [5, 5.41) is 0. The minimum absolute atomic E-state index is 0.277. The van der Waals surface area contributed by atoms with Gasteiger partial charge in [0, 0.05) is 0 Å². The molecule has 3 rings (SSSR count). The van der Waals surface area contributed by atoms with Crippen LogP contribution in [0.2, 0.25) is 0 Å². The summed E-state index contributed by atoms with van der Waals surface area (Å²) >= 11 is 0. The standard InChI is InChI=1S/C10H10O4/c1-2-7(10-11-4-5-12-10)9-8(3-1)13-6-14-9/h1-3,10H,4-6H2. The van der Waals surface area contributed by atoms with Crippen LogP contribution >= 0.6 is 0 Å². The monoisotopic (exact) mass is 194 g/mol. The van der Waals surface area contributed by atoms with Gasteiger partial charge in [-0.3, -0.25) is 0 Å². The van der Waals surface area contributed by atoms with E-state index >= 15 is 0 Å². The van der Waals surface area contributed by atoms with Gasteiger partial charge in [-0.15, -0.1) is 0 Å². The third-order valence-corrected chi connectivity index (χ3v) is 2.30. The Morgan fingerprint density at radius 3 is 2.79 bits per heavy atom. The van der Waals surface area contributed by atoms with Gasteiger partial charge in [0.15, 0.2) is 17.8 Å². The summed E-state index contributed by atoms with van der Waals surface area (Å²) in [7, 11) is 0. The summed E-state index contributed by atoms with van der Waals surface area (Å²) in [5.41, 5.74) is 0.914. The van der Waals surface area contributed by atoms with E-state index in [1.807, 2.05) is 18.2 Å². The molecular formula is C10H10O4. The SMILES string of the molecule is c1cc2c(c(C3OCCO3)c1)OCO2. The molecule has 1 fully saturated rings. The second-order valence-electron chi connectivity index (χ2n) is 3.15. The van der Waals surface area contributed by atoms with Crippen LogP contribution in [0.5, 0.6) is 11.5 Å². The van der Waals surface area contributed by atoms with Gasteiger partial charge in [-0.2, -0.15) is 0 Å². The van der Waals surface area contributed by atoms with Crippen molar-refractivity contribution >= 4 is 0 Å². The van der Waals surface area contributed by atoms with Crippen molar-refractivity contribution in [3.8, 4) is 11.5 Å². The van der Waals surface area contributed by atoms with Crippen LogP contribution in [-0.2, 0) is 9.47 Å². The molecule has 2 heterocycles. The Bertz CT molecular complexity index is 344. The maximum Gasteiger partial charge on any atom is 0.231 e. The van der Waals surface area contributed by atoms with Crippen molar-refractivity contribution in [2.24, 2.45) is 0 Å². The molecule has 4 heteroatoms. The lowest BCUT2D eigenvalue weighted by atomic mass is 10.2. The van der Waals surface area contributed by atoms with Crippen molar-refractivity contribution in [2.75, 3.05) is 20.0 Å². The van der Waals surface area contributed by atoms with E-state index in [-0.39, 0.29) is 13.1 Å². The lowest BCUT2D eigenvalue weighted by molar-refractivity contribution is -0.0455. The van der Waals surface area contributed by atoms with E-state index in [1.165, 1.54) is 0 Å². The van der Waals surface area contributed by atoms with Gasteiger partial charge in [0.2, 0.25) is 6.79 Å². The second kappa shape index (κ2) is 3.15. The topological polar surface area (TPSA) is 36.9 Å². The highest BCUT2D eigenvalue weighted by Gasteiger charge is 2.26. The fraction of sp³-hybridized carbons (Fsp3) is 0.400. The number of benzene rings is 1. The summed E-state index contributed by atoms with van der Waals surface area (Å²) in [6, 6.07) is 5.72. The van der Waals surface area contributed by atoms with E-state index in [9.17, 15) is 0 Å². The largest absolute Gasteiger partial charge is 0.454 e. The van der Waals surface area contributed by atoms with Crippen LogP contribution in [-0.4, -0.2) is 20.0 Å². The van der Waals surface area contributed by atoms with E-state index in [0.717, 1.165) is 17.1 Å². The predicted molar refractivity (Wildman–Crippen MR) is 47.2 cm³/mol. The molecule has 74 valence electrons. The van der Waals surface area contributed by atoms with Crippen LogP contribution in [0.15, 0.2) is 18.2 Å². The van der Waals surface area contributed by atoms with E-state index in [1.54, 1.807) is 0 Å². The van der Waals surface area contributed by atoms with Gasteiger partial charge in [-0.1, -0.05) is 6.07 Å². The molecule has 0 saturated carbocycles. The molecule has 4 nitrogen and oxygen atoms in total. The number of fused-ring (bicyclic) bond motifs is 1. The number of hydrogen-bond acceptors (Lipinski definition) is 4. The average molecular weight is 194 g/mol. The fourth-order valence-corrected chi connectivity index (χ4v) is 1.68. The van der Waals surface area contributed by atoms with Crippen LogP contribution < -0.4 is 9.47 Å². The molecule has 0 radical (unpaired) electrons. The van der Waals surface area contributed by atoms with Crippen molar-refractivity contribution in [3.63, 3.8) is 0 Å². The highest BCUT2D eigenvalue weighted by atomic mass is 16.7. The molecule has 0 aromatic heterocycles. The van der Waals surface area contributed by atoms with Gasteiger partial charge >= 0.3 is 0 Å². The number of rotatable bonds is 1. The van der Waals surface area contributed by atoms with E-state index in [0.29, 0.717) is 13.2 Å². The van der Waals surface area contributed by atoms with E-state index in [2.05, 4.69) is 0 Å². The molecule has 0 bridgehead atoms. The first-order valence-corrected chi connectivity index (χ1v) is 4.57. The van der Waals surface area contributed by atoms with Gasteiger partial charge in [0.25, 0.3) is 0 Å². The molecule has 2 aliphatic heterocycles. The third kappa shape index (κ3) is 1.15. The van der Waals surface area contributed by atoms with Gasteiger partial charge in [-0.05, 0) is 12.1 Å². The first kappa shape index (κ1) is 8.08. The lowest BCUT2D eigenvalue weighted by Gasteiger charge is -2.11. The third-order valence-electron chi connectivity index (χ3n) is 2.30. The summed E-state index contributed by atoms with van der Waals surface area (Å²) in [6.45, 7) is 1.55. The Hall–Kier alpha value is -1.26. The molecular weight excluding hydrogens is 184 g/mol. The molecule has 0 spiro atoms. The van der Waals surface area contributed by atoms with Gasteiger partial charge in [-0.25, -0.2) is 0 Å². The summed E-state index contributed by atoms with van der Waals surface area (Å²) < 4.78 is 21.4. The van der Waals surface area contributed by atoms with Gasteiger partial charge < -0.3 is 18.9 Å². The van der Waals surface area contributed by atoms with Crippen LogP contribution in [0.25, 0.3) is 0 Å². The van der Waals surface area contributed by atoms with E-state index in [4.69, 9.17) is 18.9 Å². The zero-order valence-electron chi connectivity index (χ0n) is 7.56. The molecule has 1 aromatic rings. The summed E-state index contributed by atoms with van der Waals surface area (Å²) in [4.78, 5) is 0. The maximum atomic E-state index is 5.41. The first-order chi connectivity index (χ1) is 6.95. The van der Waals surface area contributed by atoms with Crippen LogP contribution in [0.4, 0.5) is 0 Å². The molecule has 0 aliphatic carbocycles. The second-order valence-corrected chi connectivity index (χ2v) is 3.15. The number of hydrogen-bond donors (Lipinski definition) is 0. The number of para-hydroxylation sites is 1. The van der Waals surface area contributed by atoms with Gasteiger partial charge in [0.1, 0.15) is 0 Å². The fourth-order valence-electron chi connectivity index (χ4n) is 1.68. The molecule has 2 aliphatic rings. The van der Waals surface area contributed by atoms with Gasteiger partial charge in [0.05, 0.1) is 18.8 Å². The van der Waals surface area contributed by atoms with Crippen molar-refractivity contribution < 1.29 is 18.9 Å². The molecule has 0 atom stereocenters. The molecule has 0 N–H and O–H groups in total. The average Bonchev–Trinajstić information content (AvgIpc) is 2.88. The Morgan fingerprint density at radius 1 is 1.07 bits per heavy atom. The highest BCUT2D eigenvalue weighted by molar-refractivity contribution is 5.48. The maximum absolute atomic E-state index is 5.41. The Labute approximate surface area is 81.3 Å². The Balaban J connectivity index is 2.00. The van der Waals surface area contributed by atoms with Crippen LogP contribution in [0, 0.1) is 0 Å². The summed E-state index contributed by atoms with van der Waals surface area (Å²) in [6.07, 6.45) is -0.299. The lowest BCUT2D eigenvalue weighted by Crippen LogP contribution is -2.00. The molecule has 0 amide bonds. The molecule has 0 unspecified atom stereocenters. The Morgan fingerprint density at radius 2 is 1.93 bits per heavy atom. The molecule has 1 aromatic carbocycles. The number of ether oxygens (including phenoxy) is 4. The molecule has 1 saturated heterocycles.